The number of aromatic carboxylic acids is 1. The van der Waals surface area contributed by atoms with E-state index in [-0.39, 0.29) is 16.4 Å². The average Bonchev–Trinajstić information content (AvgIpc) is 2.52. The predicted molar refractivity (Wildman–Crippen MR) is 52.0 cm³/mol. The van der Waals surface area contributed by atoms with E-state index in [0.29, 0.717) is 0 Å². The van der Waals surface area contributed by atoms with Crippen molar-refractivity contribution in [1.29, 1.82) is 0 Å². The Balaban J connectivity index is 2.81. The number of carboxylic acid groups (broad SMARTS) is 1. The molecule has 1 rings (SSSR count). The van der Waals surface area contributed by atoms with Crippen LogP contribution in [0.15, 0.2) is 11.4 Å². The molecule has 1 atom stereocenters. The van der Waals surface area contributed by atoms with Crippen molar-refractivity contribution >= 4 is 23.1 Å². The Kier molecular flexibility index (Phi) is 3.24. The lowest BCUT2D eigenvalue weighted by Crippen LogP contribution is -2.21. The second-order valence-corrected chi connectivity index (χ2v) is 3.71. The molecule has 0 radical (unpaired) electrons. The van der Waals surface area contributed by atoms with Gasteiger partial charge in [0.2, 0.25) is 0 Å². The lowest BCUT2D eigenvalue weighted by atomic mass is 10.3. The zero-order valence-electron chi connectivity index (χ0n) is 7.81. The minimum absolute atomic E-state index is 0.123. The van der Waals surface area contributed by atoms with Crippen molar-refractivity contribution in [3.8, 4) is 5.75 Å². The minimum atomic E-state index is -1.04. The summed E-state index contributed by atoms with van der Waals surface area (Å²) in [6, 6.07) is 1.55. The van der Waals surface area contributed by atoms with Crippen LogP contribution in [0.3, 0.4) is 0 Å². The van der Waals surface area contributed by atoms with Gasteiger partial charge in [-0.3, -0.25) is 4.79 Å². The molecule has 4 nitrogen and oxygen atoms in total. The van der Waals surface area contributed by atoms with Gasteiger partial charge in [-0.2, -0.15) is 0 Å². The van der Waals surface area contributed by atoms with Crippen molar-refractivity contribution in [2.24, 2.45) is 0 Å². The highest BCUT2D eigenvalue weighted by atomic mass is 32.1. The first-order valence-electron chi connectivity index (χ1n) is 4.00. The Labute approximate surface area is 85.1 Å². The van der Waals surface area contributed by atoms with E-state index < -0.39 is 12.1 Å². The number of hydrogen-bond donors (Lipinski definition) is 1. The van der Waals surface area contributed by atoms with E-state index in [1.165, 1.54) is 6.92 Å². The maximum absolute atomic E-state index is 10.9. The lowest BCUT2D eigenvalue weighted by Gasteiger charge is -2.10. The lowest BCUT2D eigenvalue weighted by molar-refractivity contribution is -0.122. The average molecular weight is 214 g/mol. The molecule has 1 aromatic rings. The summed E-state index contributed by atoms with van der Waals surface area (Å²) in [4.78, 5) is 21.7. The Hall–Kier alpha value is -1.36. The van der Waals surface area contributed by atoms with Crippen molar-refractivity contribution in [2.45, 2.75) is 20.0 Å². The molecule has 14 heavy (non-hydrogen) atoms. The summed E-state index contributed by atoms with van der Waals surface area (Å²) in [5.74, 6) is -0.913. The van der Waals surface area contributed by atoms with Gasteiger partial charge < -0.3 is 9.84 Å². The largest absolute Gasteiger partial charge is 0.481 e. The number of thiophene rings is 1. The van der Waals surface area contributed by atoms with E-state index in [9.17, 15) is 9.59 Å². The first-order chi connectivity index (χ1) is 6.52. The Morgan fingerprint density at radius 1 is 1.57 bits per heavy atom. The van der Waals surface area contributed by atoms with Crippen molar-refractivity contribution in [1.82, 2.24) is 0 Å². The molecule has 1 N–H and O–H groups in total. The van der Waals surface area contributed by atoms with Gasteiger partial charge in [-0.15, -0.1) is 11.3 Å². The normalized spacial score (nSPS) is 12.1. The zero-order chi connectivity index (χ0) is 10.7. The molecule has 0 aliphatic rings. The third-order valence-corrected chi connectivity index (χ3v) is 2.58. The third-order valence-electron chi connectivity index (χ3n) is 1.70. The molecule has 5 heteroatoms. The quantitative estimate of drug-likeness (QED) is 0.830. The Bertz CT molecular complexity index is 355. The van der Waals surface area contributed by atoms with Crippen LogP contribution >= 0.6 is 11.3 Å². The third kappa shape index (κ3) is 2.32. The van der Waals surface area contributed by atoms with Gasteiger partial charge in [-0.1, -0.05) is 0 Å². The monoisotopic (exact) mass is 214 g/mol. The minimum Gasteiger partial charge on any atom is -0.481 e. The first kappa shape index (κ1) is 10.7. The Morgan fingerprint density at radius 3 is 2.71 bits per heavy atom. The molecule has 0 amide bonds. The van der Waals surface area contributed by atoms with E-state index in [1.807, 2.05) is 0 Å². The zero-order valence-corrected chi connectivity index (χ0v) is 8.63. The molecule has 76 valence electrons. The highest BCUT2D eigenvalue weighted by Crippen LogP contribution is 2.25. The fourth-order valence-corrected chi connectivity index (χ4v) is 1.48. The molecule has 0 aromatic carbocycles. The molecule has 0 saturated heterocycles. The van der Waals surface area contributed by atoms with E-state index >= 15 is 0 Å². The molecular formula is C9H10O4S. The highest BCUT2D eigenvalue weighted by Gasteiger charge is 2.17. The maximum Gasteiger partial charge on any atom is 0.349 e. The number of carboxylic acids is 1. The molecule has 0 bridgehead atoms. The smallest absolute Gasteiger partial charge is 0.349 e. The number of ketones is 1. The molecule has 0 saturated carbocycles. The van der Waals surface area contributed by atoms with Gasteiger partial charge in [-0.05, 0) is 25.3 Å². The van der Waals surface area contributed by atoms with Crippen LogP contribution in [0.25, 0.3) is 0 Å². The molecule has 1 aromatic heterocycles. The summed E-state index contributed by atoms with van der Waals surface area (Å²) in [7, 11) is 0. The number of ether oxygens (including phenoxy) is 1. The van der Waals surface area contributed by atoms with Gasteiger partial charge in [0.1, 0.15) is 5.75 Å². The fourth-order valence-electron chi connectivity index (χ4n) is 0.820. The van der Waals surface area contributed by atoms with Crippen LogP contribution in [0.5, 0.6) is 5.75 Å². The number of Topliss-reactive ketones (excluding diaryl/α,β-unsaturated/α-hetero) is 1. The molecule has 0 aliphatic heterocycles. The molecule has 1 heterocycles. The van der Waals surface area contributed by atoms with E-state index in [1.54, 1.807) is 18.4 Å². The second kappa shape index (κ2) is 4.23. The molecule has 0 aliphatic carbocycles. The molecule has 0 fully saturated rings. The number of carbonyl (C=O) groups is 2. The van der Waals surface area contributed by atoms with Crippen molar-refractivity contribution in [3.63, 3.8) is 0 Å². The summed E-state index contributed by atoms with van der Waals surface area (Å²) in [6.07, 6.45) is -0.609. The van der Waals surface area contributed by atoms with Crippen LogP contribution in [0.1, 0.15) is 23.5 Å². The summed E-state index contributed by atoms with van der Waals surface area (Å²) in [5.41, 5.74) is 0. The SMILES string of the molecule is CC(=O)C(C)Oc1ccsc1C(=O)O. The van der Waals surface area contributed by atoms with Crippen molar-refractivity contribution in [3.05, 3.63) is 16.3 Å². The summed E-state index contributed by atoms with van der Waals surface area (Å²) >= 11 is 1.08. The van der Waals surface area contributed by atoms with Gasteiger partial charge >= 0.3 is 5.97 Å². The van der Waals surface area contributed by atoms with Gasteiger partial charge in [-0.25, -0.2) is 4.79 Å². The molecular weight excluding hydrogens is 204 g/mol. The van der Waals surface area contributed by atoms with E-state index in [0.717, 1.165) is 11.3 Å². The predicted octanol–water partition coefficient (Wildman–Crippen LogP) is 1.80. The first-order valence-corrected chi connectivity index (χ1v) is 4.88. The van der Waals surface area contributed by atoms with Crippen LogP contribution in [0.2, 0.25) is 0 Å². The topological polar surface area (TPSA) is 63.6 Å². The van der Waals surface area contributed by atoms with Crippen LogP contribution < -0.4 is 4.74 Å². The maximum atomic E-state index is 10.9. The van der Waals surface area contributed by atoms with Crippen LogP contribution in [-0.4, -0.2) is 23.0 Å². The van der Waals surface area contributed by atoms with Crippen LogP contribution in [0, 0.1) is 0 Å². The van der Waals surface area contributed by atoms with Crippen molar-refractivity contribution < 1.29 is 19.4 Å². The summed E-state index contributed by atoms with van der Waals surface area (Å²) < 4.78 is 5.19. The number of rotatable bonds is 4. The molecule has 0 spiro atoms. The van der Waals surface area contributed by atoms with Crippen LogP contribution in [-0.2, 0) is 4.79 Å². The van der Waals surface area contributed by atoms with Gasteiger partial charge in [0.15, 0.2) is 16.8 Å². The van der Waals surface area contributed by atoms with Gasteiger partial charge in [0.05, 0.1) is 0 Å². The number of carbonyl (C=O) groups excluding carboxylic acids is 1. The van der Waals surface area contributed by atoms with Crippen LogP contribution in [0.4, 0.5) is 0 Å². The summed E-state index contributed by atoms with van der Waals surface area (Å²) in [6.45, 7) is 2.99. The van der Waals surface area contributed by atoms with Gasteiger partial charge in [0.25, 0.3) is 0 Å². The van der Waals surface area contributed by atoms with E-state index in [4.69, 9.17) is 9.84 Å². The Morgan fingerprint density at radius 2 is 2.21 bits per heavy atom. The van der Waals surface area contributed by atoms with E-state index in [2.05, 4.69) is 0 Å². The molecule has 1 unspecified atom stereocenters. The van der Waals surface area contributed by atoms with Crippen molar-refractivity contribution in [2.75, 3.05) is 0 Å². The highest BCUT2D eigenvalue weighted by molar-refractivity contribution is 7.12. The number of hydrogen-bond acceptors (Lipinski definition) is 4. The summed E-state index contributed by atoms with van der Waals surface area (Å²) in [5, 5.41) is 10.4. The second-order valence-electron chi connectivity index (χ2n) is 2.79. The standard InChI is InChI=1S/C9H10O4S/c1-5(10)6(2)13-7-3-4-14-8(7)9(11)12/h3-4,6H,1-2H3,(H,11,12). The van der Waals surface area contributed by atoms with Gasteiger partial charge in [0, 0.05) is 0 Å². The fraction of sp³-hybridized carbons (Fsp3) is 0.333.